The van der Waals surface area contributed by atoms with E-state index in [1.807, 2.05) is 0 Å². The van der Waals surface area contributed by atoms with E-state index in [1.165, 1.54) is 32.3 Å². The Kier molecular flexibility index (Phi) is 4.85. The molecule has 0 spiro atoms. The zero-order valence-electron chi connectivity index (χ0n) is 14.5. The van der Waals surface area contributed by atoms with E-state index >= 15 is 0 Å². The Morgan fingerprint density at radius 2 is 0.792 bits per heavy atom. The largest absolute Gasteiger partial charge is 0.451 e. The zero-order chi connectivity index (χ0) is 17.2. The van der Waals surface area contributed by atoms with Gasteiger partial charge in [0, 0.05) is 0 Å². The van der Waals surface area contributed by atoms with Crippen molar-refractivity contribution >= 4 is 34.4 Å². The van der Waals surface area contributed by atoms with Crippen LogP contribution in [0.2, 0.25) is 0 Å². The van der Waals surface area contributed by atoms with Gasteiger partial charge in [-0.05, 0) is 36.3 Å². The highest BCUT2D eigenvalue weighted by molar-refractivity contribution is 7.08. The Morgan fingerprint density at radius 1 is 0.542 bits per heavy atom. The molecular weight excluding hydrogens is 324 g/mol. The van der Waals surface area contributed by atoms with Crippen molar-refractivity contribution in [3.05, 3.63) is 89.5 Å². The van der Waals surface area contributed by atoms with Gasteiger partial charge < -0.3 is 4.12 Å². The van der Waals surface area contributed by atoms with E-state index in [0.29, 0.717) is 0 Å². The lowest BCUT2D eigenvalue weighted by atomic mass is 10.2. The quantitative estimate of drug-likeness (QED) is 0.519. The molecule has 121 valence electrons. The molecule has 3 aromatic carbocycles. The van der Waals surface area contributed by atoms with E-state index in [9.17, 15) is 0 Å². The predicted molar refractivity (Wildman–Crippen MR) is 108 cm³/mol. The van der Waals surface area contributed by atoms with Crippen molar-refractivity contribution in [1.82, 2.24) is 0 Å². The van der Waals surface area contributed by atoms with Crippen LogP contribution < -0.4 is 15.6 Å². The molecule has 3 heteroatoms. The van der Waals surface area contributed by atoms with Crippen LogP contribution in [0.3, 0.4) is 0 Å². The van der Waals surface area contributed by atoms with Crippen LogP contribution in [0, 0.1) is 20.8 Å². The van der Waals surface area contributed by atoms with Gasteiger partial charge in [-0.25, -0.2) is 0 Å². The Morgan fingerprint density at radius 3 is 1.00 bits per heavy atom. The Bertz CT molecular complexity index is 695. The van der Waals surface area contributed by atoms with Crippen LogP contribution in [-0.4, -0.2) is 18.8 Å². The molecule has 0 amide bonds. The van der Waals surface area contributed by atoms with Gasteiger partial charge in [0.15, 0.2) is 10.5 Å². The summed E-state index contributed by atoms with van der Waals surface area (Å²) in [5.74, 6) is 0. The van der Waals surface area contributed by atoms with Crippen LogP contribution in [0.25, 0.3) is 0 Å². The van der Waals surface area contributed by atoms with E-state index in [1.54, 1.807) is 10.5 Å². The molecule has 24 heavy (non-hydrogen) atoms. The first-order valence-electron chi connectivity index (χ1n) is 8.21. The van der Waals surface area contributed by atoms with Gasteiger partial charge in [0.2, 0.25) is 0 Å². The molecule has 0 heterocycles. The molecule has 0 aliphatic heterocycles. The van der Waals surface area contributed by atoms with Crippen molar-refractivity contribution in [2.75, 3.05) is 0 Å². The highest BCUT2D eigenvalue weighted by atomic mass is 28.4. The van der Waals surface area contributed by atoms with Gasteiger partial charge in [-0.2, -0.15) is 0 Å². The van der Waals surface area contributed by atoms with Gasteiger partial charge in [0.1, 0.15) is 0 Å². The number of hydrogen-bond donors (Lipinski definition) is 0. The number of aryl methyl sites for hydroxylation is 3. The normalized spacial score (nSPS) is 11.5. The summed E-state index contributed by atoms with van der Waals surface area (Å²) in [6.45, 7) is 6.37. The second-order valence-corrected chi connectivity index (χ2v) is 10.7. The molecule has 0 saturated carbocycles. The summed E-state index contributed by atoms with van der Waals surface area (Å²) in [5.41, 5.74) is 3.81. The number of hydrogen-bond acceptors (Lipinski definition) is 1. The van der Waals surface area contributed by atoms with Crippen molar-refractivity contribution in [1.29, 1.82) is 0 Å². The lowest BCUT2D eigenvalue weighted by Crippen LogP contribution is -2.69. The van der Waals surface area contributed by atoms with Crippen LogP contribution in [0.1, 0.15) is 16.7 Å². The maximum atomic E-state index is 6.38. The summed E-state index contributed by atoms with van der Waals surface area (Å²) in [6.07, 6.45) is 0. The maximum Gasteiger partial charge on any atom is 0.277 e. The fraction of sp³-hybridized carbons (Fsp3) is 0.143. The first-order chi connectivity index (χ1) is 11.6. The lowest BCUT2D eigenvalue weighted by molar-refractivity contribution is 0.643. The molecule has 0 aliphatic rings. The highest BCUT2D eigenvalue weighted by Gasteiger charge is 2.40. The molecule has 3 aromatic rings. The molecule has 3 rings (SSSR count). The first-order valence-corrected chi connectivity index (χ1v) is 10.7. The van der Waals surface area contributed by atoms with Gasteiger partial charge in [-0.3, -0.25) is 0 Å². The first kappa shape index (κ1) is 16.9. The minimum Gasteiger partial charge on any atom is -0.451 e. The smallest absolute Gasteiger partial charge is 0.277 e. The average molecular weight is 348 g/mol. The van der Waals surface area contributed by atoms with Crippen LogP contribution in [0.4, 0.5) is 0 Å². The number of rotatable bonds is 4. The SMILES string of the molecule is Cc1ccc([Si](O[SiH2])(c2ccc(C)cc2)c2ccc(C)cc2)cc1. The van der Waals surface area contributed by atoms with E-state index in [-0.39, 0.29) is 0 Å². The van der Waals surface area contributed by atoms with E-state index in [0.717, 1.165) is 0 Å². The summed E-state index contributed by atoms with van der Waals surface area (Å²) in [6, 6.07) is 26.5. The van der Waals surface area contributed by atoms with Gasteiger partial charge in [0.25, 0.3) is 8.32 Å². The molecule has 1 nitrogen and oxygen atoms in total. The van der Waals surface area contributed by atoms with Gasteiger partial charge >= 0.3 is 0 Å². The monoisotopic (exact) mass is 347 g/mol. The molecule has 0 N–H and O–H groups in total. The highest BCUT2D eigenvalue weighted by Crippen LogP contribution is 2.10. The topological polar surface area (TPSA) is 9.23 Å². The van der Waals surface area contributed by atoms with Crippen molar-refractivity contribution in [3.8, 4) is 0 Å². The van der Waals surface area contributed by atoms with Crippen molar-refractivity contribution in [3.63, 3.8) is 0 Å². The standard InChI is InChI=1S/C21H23OSi2/c1-16-4-10-19(11-5-16)24(22-23,20-12-6-17(2)7-13-20)21-14-8-18(3)9-15-21/h4-15H,23H2,1-3H3. The van der Waals surface area contributed by atoms with Crippen molar-refractivity contribution in [2.24, 2.45) is 0 Å². The third kappa shape index (κ3) is 3.03. The fourth-order valence-electron chi connectivity index (χ4n) is 3.11. The Hall–Kier alpha value is -1.95. The zero-order valence-corrected chi connectivity index (χ0v) is 17.0. The van der Waals surface area contributed by atoms with E-state index in [4.69, 9.17) is 4.12 Å². The molecule has 0 bridgehead atoms. The van der Waals surface area contributed by atoms with Crippen LogP contribution in [0.5, 0.6) is 0 Å². The maximum absolute atomic E-state index is 6.38. The third-order valence-electron chi connectivity index (χ3n) is 4.59. The van der Waals surface area contributed by atoms with Gasteiger partial charge in [-0.15, -0.1) is 0 Å². The van der Waals surface area contributed by atoms with Crippen molar-refractivity contribution < 1.29 is 4.12 Å². The summed E-state index contributed by atoms with van der Waals surface area (Å²) < 4.78 is 6.38. The molecule has 0 saturated heterocycles. The third-order valence-corrected chi connectivity index (χ3v) is 9.76. The van der Waals surface area contributed by atoms with Crippen LogP contribution in [0.15, 0.2) is 72.8 Å². The molecule has 0 fully saturated rings. The summed E-state index contributed by atoms with van der Waals surface area (Å²) in [7, 11) is -0.831. The predicted octanol–water partition coefficient (Wildman–Crippen LogP) is 2.14. The van der Waals surface area contributed by atoms with E-state index < -0.39 is 8.32 Å². The molecule has 0 aliphatic carbocycles. The Labute approximate surface area is 149 Å². The minimum absolute atomic E-state index is 1.27. The summed E-state index contributed by atoms with van der Waals surface area (Å²) >= 11 is 0. The van der Waals surface area contributed by atoms with E-state index in [2.05, 4.69) is 93.6 Å². The second-order valence-electron chi connectivity index (χ2n) is 6.42. The molecule has 1 radical (unpaired) electrons. The van der Waals surface area contributed by atoms with Crippen molar-refractivity contribution in [2.45, 2.75) is 20.8 Å². The lowest BCUT2D eigenvalue weighted by Gasteiger charge is -2.32. The summed E-state index contributed by atoms with van der Waals surface area (Å²) in [4.78, 5) is 0. The molecule has 0 unspecified atom stereocenters. The summed E-state index contributed by atoms with van der Waals surface area (Å²) in [5, 5.41) is 3.86. The minimum atomic E-state index is -2.45. The van der Waals surface area contributed by atoms with Crippen LogP contribution >= 0.6 is 0 Å². The Balaban J connectivity index is 2.27. The average Bonchev–Trinajstić information content (AvgIpc) is 2.60. The van der Waals surface area contributed by atoms with Crippen LogP contribution in [-0.2, 0) is 4.12 Å². The van der Waals surface area contributed by atoms with Gasteiger partial charge in [-0.1, -0.05) is 89.5 Å². The molecule has 0 atom stereocenters. The van der Waals surface area contributed by atoms with Gasteiger partial charge in [0.05, 0.1) is 0 Å². The number of benzene rings is 3. The second kappa shape index (κ2) is 6.89. The fourth-order valence-corrected chi connectivity index (χ4v) is 8.02. The molecular formula is C21H23OSi2. The molecule has 0 aromatic heterocycles.